The Labute approximate surface area is 121 Å². The number of Topliss-reactive ketones (excluding diaryl/α,β-unsaturated/α-hetero) is 1. The van der Waals surface area contributed by atoms with Crippen molar-refractivity contribution < 1.29 is 9.53 Å². The number of carbonyl (C=O) groups is 1. The Morgan fingerprint density at radius 1 is 1.26 bits per heavy atom. The molecule has 0 aliphatic carbocycles. The van der Waals surface area contributed by atoms with Gasteiger partial charge in [-0.05, 0) is 36.9 Å². The van der Waals surface area contributed by atoms with E-state index in [1.54, 1.807) is 23.1 Å². The molecule has 100 valence electrons. The summed E-state index contributed by atoms with van der Waals surface area (Å²) in [6.45, 7) is 2.19. The van der Waals surface area contributed by atoms with E-state index in [4.69, 9.17) is 4.74 Å². The Kier molecular flexibility index (Phi) is 5.05. The number of para-hydroxylation sites is 1. The number of thioether (sulfide) groups is 1. The van der Waals surface area contributed by atoms with Gasteiger partial charge < -0.3 is 4.74 Å². The topological polar surface area (TPSA) is 26.3 Å². The third-order valence-electron chi connectivity index (χ3n) is 2.71. The van der Waals surface area contributed by atoms with Gasteiger partial charge in [-0.1, -0.05) is 19.1 Å². The molecule has 0 aliphatic rings. The molecule has 0 radical (unpaired) electrons. The van der Waals surface area contributed by atoms with Gasteiger partial charge in [-0.2, -0.15) is 0 Å². The average Bonchev–Trinajstić information content (AvgIpc) is 2.94. The van der Waals surface area contributed by atoms with Crippen molar-refractivity contribution in [2.75, 3.05) is 12.9 Å². The molecular formula is C15H16O2S2. The fourth-order valence-electron chi connectivity index (χ4n) is 1.67. The second-order valence-corrected chi connectivity index (χ2v) is 6.00. The Balaban J connectivity index is 2.00. The first-order valence-corrected chi connectivity index (χ1v) is 8.16. The molecule has 0 atom stereocenters. The first-order valence-electron chi connectivity index (χ1n) is 6.12. The summed E-state index contributed by atoms with van der Waals surface area (Å²) >= 11 is 3.17. The van der Waals surface area contributed by atoms with E-state index in [-0.39, 0.29) is 12.4 Å². The zero-order valence-electron chi connectivity index (χ0n) is 11.0. The van der Waals surface area contributed by atoms with Crippen molar-refractivity contribution >= 4 is 28.9 Å². The Hall–Kier alpha value is -1.26. The van der Waals surface area contributed by atoms with Crippen molar-refractivity contribution in [3.8, 4) is 5.75 Å². The fourth-order valence-corrected chi connectivity index (χ4v) is 3.08. The minimum atomic E-state index is 0.0422. The molecule has 0 aliphatic heterocycles. The minimum Gasteiger partial charge on any atom is -0.484 e. The van der Waals surface area contributed by atoms with Crippen LogP contribution in [0.2, 0.25) is 0 Å². The predicted octanol–water partition coefficient (Wildman–Crippen LogP) is 4.29. The molecule has 0 saturated heterocycles. The monoisotopic (exact) mass is 292 g/mol. The van der Waals surface area contributed by atoms with E-state index in [0.29, 0.717) is 0 Å². The van der Waals surface area contributed by atoms with Crippen LogP contribution in [0, 0.1) is 0 Å². The van der Waals surface area contributed by atoms with Crippen molar-refractivity contribution in [3.05, 3.63) is 46.2 Å². The molecule has 0 amide bonds. The van der Waals surface area contributed by atoms with Crippen LogP contribution in [0.5, 0.6) is 5.75 Å². The predicted molar refractivity (Wildman–Crippen MR) is 81.7 cm³/mol. The van der Waals surface area contributed by atoms with Crippen LogP contribution in [-0.2, 0) is 6.42 Å². The minimum absolute atomic E-state index is 0.0422. The van der Waals surface area contributed by atoms with Crippen molar-refractivity contribution in [3.63, 3.8) is 0 Å². The summed E-state index contributed by atoms with van der Waals surface area (Å²) < 4.78 is 5.62. The number of ketones is 1. The Morgan fingerprint density at radius 3 is 2.74 bits per heavy atom. The number of hydrogen-bond acceptors (Lipinski definition) is 4. The number of aryl methyl sites for hydroxylation is 1. The SMILES string of the molecule is CCc1ccc(C(=O)COc2ccccc2SC)s1. The summed E-state index contributed by atoms with van der Waals surface area (Å²) in [7, 11) is 0. The molecule has 2 aromatic rings. The van der Waals surface area contributed by atoms with E-state index >= 15 is 0 Å². The van der Waals surface area contributed by atoms with Gasteiger partial charge in [0.25, 0.3) is 0 Å². The highest BCUT2D eigenvalue weighted by Crippen LogP contribution is 2.27. The lowest BCUT2D eigenvalue weighted by atomic mass is 10.3. The molecule has 2 nitrogen and oxygen atoms in total. The number of ether oxygens (including phenoxy) is 1. The molecule has 1 aromatic carbocycles. The molecule has 0 unspecified atom stereocenters. The van der Waals surface area contributed by atoms with Crippen LogP contribution in [-0.4, -0.2) is 18.6 Å². The molecule has 0 saturated carbocycles. The fraction of sp³-hybridized carbons (Fsp3) is 0.267. The number of thiophene rings is 1. The van der Waals surface area contributed by atoms with E-state index in [0.717, 1.165) is 21.9 Å². The quantitative estimate of drug-likeness (QED) is 0.587. The average molecular weight is 292 g/mol. The highest BCUT2D eigenvalue weighted by atomic mass is 32.2. The van der Waals surface area contributed by atoms with E-state index in [9.17, 15) is 4.79 Å². The zero-order valence-corrected chi connectivity index (χ0v) is 12.6. The summed E-state index contributed by atoms with van der Waals surface area (Å²) in [6.07, 6.45) is 2.96. The second kappa shape index (κ2) is 6.78. The lowest BCUT2D eigenvalue weighted by Crippen LogP contribution is -2.10. The van der Waals surface area contributed by atoms with Gasteiger partial charge >= 0.3 is 0 Å². The van der Waals surface area contributed by atoms with Crippen molar-refractivity contribution in [2.24, 2.45) is 0 Å². The van der Waals surface area contributed by atoms with Crippen molar-refractivity contribution in [1.82, 2.24) is 0 Å². The normalized spacial score (nSPS) is 10.4. The summed E-state index contributed by atoms with van der Waals surface area (Å²) in [6, 6.07) is 11.7. The standard InChI is InChI=1S/C15H16O2S2/c1-3-11-8-9-14(19-11)12(16)10-17-13-6-4-5-7-15(13)18-2/h4-9H,3,10H2,1-2H3. The van der Waals surface area contributed by atoms with Gasteiger partial charge in [0.15, 0.2) is 6.61 Å². The maximum Gasteiger partial charge on any atom is 0.210 e. The summed E-state index contributed by atoms with van der Waals surface area (Å²) in [5.74, 6) is 0.816. The maximum atomic E-state index is 12.0. The van der Waals surface area contributed by atoms with E-state index in [2.05, 4.69) is 6.92 Å². The molecule has 4 heteroatoms. The molecule has 0 fully saturated rings. The van der Waals surface area contributed by atoms with Crippen LogP contribution >= 0.6 is 23.1 Å². The van der Waals surface area contributed by atoms with Crippen LogP contribution in [0.4, 0.5) is 0 Å². The smallest absolute Gasteiger partial charge is 0.210 e. The third-order valence-corrected chi connectivity index (χ3v) is 4.76. The first-order chi connectivity index (χ1) is 9.24. The van der Waals surface area contributed by atoms with Gasteiger partial charge in [-0.25, -0.2) is 0 Å². The highest BCUT2D eigenvalue weighted by Gasteiger charge is 2.11. The number of hydrogen-bond donors (Lipinski definition) is 0. The molecule has 0 bridgehead atoms. The van der Waals surface area contributed by atoms with Gasteiger partial charge in [0.2, 0.25) is 5.78 Å². The van der Waals surface area contributed by atoms with Gasteiger partial charge in [-0.15, -0.1) is 23.1 Å². The van der Waals surface area contributed by atoms with E-state index in [1.165, 1.54) is 4.88 Å². The lowest BCUT2D eigenvalue weighted by Gasteiger charge is -2.08. The van der Waals surface area contributed by atoms with Crippen LogP contribution in [0.15, 0.2) is 41.3 Å². The van der Waals surface area contributed by atoms with Gasteiger partial charge in [0.1, 0.15) is 5.75 Å². The van der Waals surface area contributed by atoms with Gasteiger partial charge in [-0.3, -0.25) is 4.79 Å². The van der Waals surface area contributed by atoms with Crippen LogP contribution in [0.25, 0.3) is 0 Å². The molecular weight excluding hydrogens is 276 g/mol. The molecule has 19 heavy (non-hydrogen) atoms. The number of carbonyl (C=O) groups excluding carboxylic acids is 1. The highest BCUT2D eigenvalue weighted by molar-refractivity contribution is 7.98. The van der Waals surface area contributed by atoms with Gasteiger partial charge in [0.05, 0.1) is 4.88 Å². The van der Waals surface area contributed by atoms with Crippen LogP contribution < -0.4 is 4.74 Å². The molecule has 1 heterocycles. The van der Waals surface area contributed by atoms with Crippen LogP contribution in [0.1, 0.15) is 21.5 Å². The Morgan fingerprint density at radius 2 is 2.05 bits per heavy atom. The third kappa shape index (κ3) is 3.61. The molecule has 0 N–H and O–H groups in total. The molecule has 1 aromatic heterocycles. The van der Waals surface area contributed by atoms with Crippen LogP contribution in [0.3, 0.4) is 0 Å². The van der Waals surface area contributed by atoms with Gasteiger partial charge in [0, 0.05) is 9.77 Å². The summed E-state index contributed by atoms with van der Waals surface area (Å²) in [5, 5.41) is 0. The largest absolute Gasteiger partial charge is 0.484 e. The summed E-state index contributed by atoms with van der Waals surface area (Å²) in [5.41, 5.74) is 0. The molecule has 2 rings (SSSR count). The number of benzene rings is 1. The number of rotatable bonds is 6. The Bertz CT molecular complexity index is 561. The summed E-state index contributed by atoms with van der Waals surface area (Å²) in [4.78, 5) is 15.1. The first kappa shape index (κ1) is 14.2. The van der Waals surface area contributed by atoms with Crippen molar-refractivity contribution in [1.29, 1.82) is 0 Å². The lowest BCUT2D eigenvalue weighted by molar-refractivity contribution is 0.0923. The van der Waals surface area contributed by atoms with E-state index in [1.807, 2.05) is 42.7 Å². The van der Waals surface area contributed by atoms with Crippen molar-refractivity contribution in [2.45, 2.75) is 18.2 Å². The second-order valence-electron chi connectivity index (χ2n) is 3.98. The maximum absolute atomic E-state index is 12.0. The zero-order chi connectivity index (χ0) is 13.7. The molecule has 0 spiro atoms. The van der Waals surface area contributed by atoms with E-state index < -0.39 is 0 Å².